The van der Waals surface area contributed by atoms with Crippen molar-refractivity contribution in [2.75, 3.05) is 6.26 Å². The van der Waals surface area contributed by atoms with Gasteiger partial charge in [0.25, 0.3) is 0 Å². The van der Waals surface area contributed by atoms with Gasteiger partial charge in [-0.15, -0.1) is 24.0 Å². The van der Waals surface area contributed by atoms with Crippen LogP contribution in [0.25, 0.3) is 0 Å². The highest BCUT2D eigenvalue weighted by molar-refractivity contribution is 14.0. The van der Waals surface area contributed by atoms with E-state index in [9.17, 15) is 21.6 Å². The molecule has 114 valence electrons. The van der Waals surface area contributed by atoms with Crippen molar-refractivity contribution in [2.45, 2.75) is 17.6 Å². The molecule has 0 aliphatic heterocycles. The molecule has 0 aliphatic carbocycles. The molecule has 0 saturated heterocycles. The van der Waals surface area contributed by atoms with Crippen molar-refractivity contribution in [1.82, 2.24) is 0 Å². The predicted octanol–water partition coefficient (Wildman–Crippen LogP) is 1.50. The number of hydrogen-bond donors (Lipinski definition) is 2. The van der Waals surface area contributed by atoms with Gasteiger partial charge in [0, 0.05) is 6.26 Å². The highest BCUT2D eigenvalue weighted by Crippen LogP contribution is 2.34. The zero-order chi connectivity index (χ0) is 14.8. The molecule has 0 saturated carbocycles. The number of aliphatic imine (C=N–C) groups is 1. The number of benzene rings is 1. The van der Waals surface area contributed by atoms with E-state index in [1.54, 1.807) is 0 Å². The van der Waals surface area contributed by atoms with Crippen molar-refractivity contribution in [2.24, 2.45) is 16.5 Å². The first-order chi connectivity index (χ1) is 8.51. The minimum absolute atomic E-state index is 0. The van der Waals surface area contributed by atoms with E-state index in [0.717, 1.165) is 12.1 Å². The second-order valence-corrected chi connectivity index (χ2v) is 5.83. The predicted molar refractivity (Wildman–Crippen MR) is 79.5 cm³/mol. The number of rotatable bonds is 3. The van der Waals surface area contributed by atoms with Crippen LogP contribution in [-0.2, 0) is 22.6 Å². The van der Waals surface area contributed by atoms with Gasteiger partial charge in [-0.1, -0.05) is 6.07 Å². The van der Waals surface area contributed by atoms with Crippen LogP contribution >= 0.6 is 24.0 Å². The average molecular weight is 423 g/mol. The van der Waals surface area contributed by atoms with Crippen molar-refractivity contribution >= 4 is 39.8 Å². The summed E-state index contributed by atoms with van der Waals surface area (Å²) in [5.74, 6) is -0.263. The van der Waals surface area contributed by atoms with E-state index in [-0.39, 0.29) is 42.0 Å². The first-order valence-electron chi connectivity index (χ1n) is 4.97. The molecule has 0 spiro atoms. The number of halogens is 4. The van der Waals surface area contributed by atoms with Crippen LogP contribution in [0.1, 0.15) is 11.1 Å². The molecular weight excluding hydrogens is 410 g/mol. The minimum Gasteiger partial charge on any atom is -0.370 e. The molecule has 20 heavy (non-hydrogen) atoms. The van der Waals surface area contributed by atoms with Crippen LogP contribution < -0.4 is 11.5 Å². The number of guanidine groups is 1. The maximum atomic E-state index is 12.8. The van der Waals surface area contributed by atoms with E-state index < -0.39 is 26.5 Å². The van der Waals surface area contributed by atoms with Gasteiger partial charge in [-0.25, -0.2) is 13.4 Å². The summed E-state index contributed by atoms with van der Waals surface area (Å²) in [6.07, 6.45) is -4.06. The number of hydrogen-bond acceptors (Lipinski definition) is 3. The van der Waals surface area contributed by atoms with Gasteiger partial charge < -0.3 is 11.5 Å². The van der Waals surface area contributed by atoms with Gasteiger partial charge in [0.2, 0.25) is 0 Å². The van der Waals surface area contributed by atoms with Crippen LogP contribution in [0.15, 0.2) is 28.1 Å². The molecule has 0 fully saturated rings. The lowest BCUT2D eigenvalue weighted by molar-refractivity contribution is -0.139. The van der Waals surface area contributed by atoms with Gasteiger partial charge >= 0.3 is 6.18 Å². The van der Waals surface area contributed by atoms with Gasteiger partial charge in [-0.05, 0) is 17.7 Å². The van der Waals surface area contributed by atoms with Gasteiger partial charge in [0.05, 0.1) is 17.0 Å². The molecule has 0 radical (unpaired) electrons. The van der Waals surface area contributed by atoms with Crippen LogP contribution in [0.4, 0.5) is 13.2 Å². The molecule has 1 rings (SSSR count). The van der Waals surface area contributed by atoms with Crippen molar-refractivity contribution in [1.29, 1.82) is 0 Å². The summed E-state index contributed by atoms with van der Waals surface area (Å²) in [7, 11) is -3.97. The van der Waals surface area contributed by atoms with E-state index in [4.69, 9.17) is 11.5 Å². The summed E-state index contributed by atoms with van der Waals surface area (Å²) in [4.78, 5) is 2.80. The topological polar surface area (TPSA) is 98.5 Å². The lowest BCUT2D eigenvalue weighted by atomic mass is 10.1. The van der Waals surface area contributed by atoms with Crippen LogP contribution in [0.3, 0.4) is 0 Å². The van der Waals surface area contributed by atoms with Crippen LogP contribution in [0, 0.1) is 0 Å². The SMILES string of the molecule is CS(=O)(=O)c1ccc(CN=C(N)N)cc1C(F)(F)F.I. The minimum atomic E-state index is -4.77. The molecule has 0 aliphatic rings. The van der Waals surface area contributed by atoms with Crippen molar-refractivity contribution in [3.05, 3.63) is 29.3 Å². The maximum absolute atomic E-state index is 12.8. The lowest BCUT2D eigenvalue weighted by Gasteiger charge is -2.12. The molecule has 4 N–H and O–H groups in total. The lowest BCUT2D eigenvalue weighted by Crippen LogP contribution is -2.22. The normalized spacial score (nSPS) is 11.6. The van der Waals surface area contributed by atoms with Gasteiger partial charge in [-0.2, -0.15) is 13.2 Å². The Hall–Kier alpha value is -1.04. The van der Waals surface area contributed by atoms with Gasteiger partial charge in [0.1, 0.15) is 0 Å². The summed E-state index contributed by atoms with van der Waals surface area (Å²) in [5, 5.41) is 0. The highest BCUT2D eigenvalue weighted by atomic mass is 127. The highest BCUT2D eigenvalue weighted by Gasteiger charge is 2.36. The van der Waals surface area contributed by atoms with E-state index >= 15 is 0 Å². The monoisotopic (exact) mass is 423 g/mol. The molecule has 5 nitrogen and oxygen atoms in total. The summed E-state index contributed by atoms with van der Waals surface area (Å²) < 4.78 is 61.0. The first-order valence-corrected chi connectivity index (χ1v) is 6.86. The Morgan fingerprint density at radius 2 is 1.85 bits per heavy atom. The number of alkyl halides is 3. The molecular formula is C10H13F3IN3O2S. The molecule has 10 heteroatoms. The van der Waals surface area contributed by atoms with Crippen LogP contribution in [-0.4, -0.2) is 20.6 Å². The summed E-state index contributed by atoms with van der Waals surface area (Å²) in [6, 6.07) is 2.86. The third-order valence-corrected chi connectivity index (χ3v) is 3.35. The number of nitrogens with zero attached hydrogens (tertiary/aromatic N) is 1. The third kappa shape index (κ3) is 5.15. The number of nitrogens with two attached hydrogens (primary N) is 2. The summed E-state index contributed by atoms with van der Waals surface area (Å²) in [5.41, 5.74) is 9.08. The molecule has 1 aromatic carbocycles. The quantitative estimate of drug-likeness (QED) is 0.438. The fraction of sp³-hybridized carbons (Fsp3) is 0.300. The molecule has 0 unspecified atom stereocenters. The Labute approximate surface area is 131 Å². The van der Waals surface area contributed by atoms with Crippen LogP contribution in [0.2, 0.25) is 0 Å². The average Bonchev–Trinajstić information content (AvgIpc) is 2.23. The van der Waals surface area contributed by atoms with E-state index in [1.165, 1.54) is 6.07 Å². The Bertz CT molecular complexity index is 611. The van der Waals surface area contributed by atoms with E-state index in [2.05, 4.69) is 4.99 Å². The molecule has 0 atom stereocenters. The second kappa shape index (κ2) is 6.61. The van der Waals surface area contributed by atoms with Crippen LogP contribution in [0.5, 0.6) is 0 Å². The van der Waals surface area contributed by atoms with Crippen molar-refractivity contribution in [3.8, 4) is 0 Å². The smallest absolute Gasteiger partial charge is 0.370 e. The summed E-state index contributed by atoms with van der Waals surface area (Å²) in [6.45, 7) is -0.157. The van der Waals surface area contributed by atoms with Crippen molar-refractivity contribution < 1.29 is 21.6 Å². The second-order valence-electron chi connectivity index (χ2n) is 3.84. The summed E-state index contributed by atoms with van der Waals surface area (Å²) >= 11 is 0. The zero-order valence-electron chi connectivity index (χ0n) is 10.3. The van der Waals surface area contributed by atoms with Crippen molar-refractivity contribution in [3.63, 3.8) is 0 Å². The first kappa shape index (κ1) is 19.0. The largest absolute Gasteiger partial charge is 0.417 e. The standard InChI is InChI=1S/C10H12F3N3O2S.HI/c1-19(17,18)8-3-2-6(5-16-9(14)15)4-7(8)10(11,12)13;/h2-4H,5H2,1H3,(H4,14,15,16);1H. The zero-order valence-corrected chi connectivity index (χ0v) is 13.5. The molecule has 0 heterocycles. The number of sulfone groups is 1. The molecule has 0 bridgehead atoms. The van der Waals surface area contributed by atoms with Gasteiger partial charge in [-0.3, -0.25) is 0 Å². The molecule has 0 aromatic heterocycles. The Balaban J connectivity index is 0.00000361. The molecule has 1 aromatic rings. The fourth-order valence-electron chi connectivity index (χ4n) is 1.40. The Morgan fingerprint density at radius 1 is 1.30 bits per heavy atom. The fourth-order valence-corrected chi connectivity index (χ4v) is 2.29. The third-order valence-electron chi connectivity index (χ3n) is 2.19. The maximum Gasteiger partial charge on any atom is 0.417 e. The van der Waals surface area contributed by atoms with Gasteiger partial charge in [0.15, 0.2) is 15.8 Å². The molecule has 0 amide bonds. The van der Waals surface area contributed by atoms with E-state index in [0.29, 0.717) is 6.26 Å². The van der Waals surface area contributed by atoms with E-state index in [1.807, 2.05) is 0 Å². The Morgan fingerprint density at radius 3 is 2.25 bits per heavy atom. The Kier molecular flexibility index (Phi) is 6.26.